The molecule has 12 heteroatoms. The van der Waals surface area contributed by atoms with Gasteiger partial charge >= 0.3 is 5.79 Å². The van der Waals surface area contributed by atoms with E-state index in [1.165, 1.54) is 0 Å². The van der Waals surface area contributed by atoms with Gasteiger partial charge in [0.15, 0.2) is 14.8 Å². The van der Waals surface area contributed by atoms with Gasteiger partial charge in [0.25, 0.3) is 0 Å². The van der Waals surface area contributed by atoms with E-state index in [2.05, 4.69) is 5.73 Å². The smallest absolute Gasteiger partial charge is 0.705 e. The van der Waals surface area contributed by atoms with Gasteiger partial charge in [0.05, 0.1) is 6.54 Å². The Morgan fingerprint density at radius 3 is 1.33 bits per heavy atom. The van der Waals surface area contributed by atoms with E-state index in [-0.39, 0.29) is 24.4 Å². The number of hydrogen-bond donors (Lipinski definition) is 1. The molecule has 0 aliphatic carbocycles. The summed E-state index contributed by atoms with van der Waals surface area (Å²) in [4.78, 5) is 26.0. The zero-order valence-electron chi connectivity index (χ0n) is 7.29. The minimum atomic E-state index is -3.35. The summed E-state index contributed by atoms with van der Waals surface area (Å²) in [7, 11) is 0. The predicted octanol–water partition coefficient (Wildman–Crippen LogP) is -5.72. The maximum Gasteiger partial charge on any atom is 0.705 e. The second-order valence-electron chi connectivity index (χ2n) is 2.15. The lowest BCUT2D eigenvalue weighted by Crippen LogP contribution is -3.00. The standard InChI is InChI=1S/C3H6N4O6.ClH.H2O/c4-2-1-3(5(8)9,6(10)11)7(12)13;;/h1-2,4H2;1H;1H2. The van der Waals surface area contributed by atoms with Gasteiger partial charge in [-0.2, -0.15) is 0 Å². The quantitative estimate of drug-likeness (QED) is 0.286. The largest absolute Gasteiger partial charge is 1.00 e. The first kappa shape index (κ1) is 19.1. The van der Waals surface area contributed by atoms with Crippen LogP contribution in [0.3, 0.4) is 0 Å². The van der Waals surface area contributed by atoms with Crippen molar-refractivity contribution >= 4 is 0 Å². The van der Waals surface area contributed by atoms with E-state index in [1.807, 2.05) is 0 Å². The first-order valence-corrected chi connectivity index (χ1v) is 3.12. The molecule has 0 bridgehead atoms. The summed E-state index contributed by atoms with van der Waals surface area (Å²) >= 11 is 0. The fourth-order valence-corrected chi connectivity index (χ4v) is 0.711. The number of nitrogens with zero attached hydrogens (tertiary/aromatic N) is 3. The maximum atomic E-state index is 10.2. The average Bonchev–Trinajstić information content (AvgIpc) is 1.97. The van der Waals surface area contributed by atoms with Crippen LogP contribution in [0.1, 0.15) is 6.42 Å². The lowest BCUT2D eigenvalue weighted by molar-refractivity contribution is -0.971. The summed E-state index contributed by atoms with van der Waals surface area (Å²) in [6, 6.07) is 0. The van der Waals surface area contributed by atoms with Gasteiger partial charge in [-0.25, -0.2) is 0 Å². The summed E-state index contributed by atoms with van der Waals surface area (Å²) in [6.45, 7) is -0.261. The number of nitro groups is 3. The summed E-state index contributed by atoms with van der Waals surface area (Å²) in [5.41, 5.74) is 3.10. The third-order valence-corrected chi connectivity index (χ3v) is 1.39. The first-order chi connectivity index (χ1) is 5.89. The number of hydrogen-bond acceptors (Lipinski definition) is 6. The summed E-state index contributed by atoms with van der Waals surface area (Å²) in [6.07, 6.45) is -0.833. The van der Waals surface area contributed by atoms with Crippen LogP contribution in [0, 0.1) is 30.3 Å². The molecule has 0 atom stereocenters. The Morgan fingerprint density at radius 2 is 1.27 bits per heavy atom. The van der Waals surface area contributed by atoms with Crippen molar-refractivity contribution in [3.05, 3.63) is 30.3 Å². The molecule has 5 N–H and O–H groups in total. The van der Waals surface area contributed by atoms with E-state index in [1.54, 1.807) is 0 Å². The van der Waals surface area contributed by atoms with E-state index in [9.17, 15) is 30.3 Å². The van der Waals surface area contributed by atoms with Gasteiger partial charge in [0, 0.05) is 0 Å². The molecule has 0 fully saturated rings. The van der Waals surface area contributed by atoms with E-state index in [0.717, 1.165) is 0 Å². The Bertz CT molecular complexity index is 221. The van der Waals surface area contributed by atoms with E-state index < -0.39 is 27.0 Å². The molecular formula is C3H9ClN4O7. The molecule has 0 spiro atoms. The Hall–Kier alpha value is -1.59. The second kappa shape index (κ2) is 6.80. The lowest BCUT2D eigenvalue weighted by Gasteiger charge is -2.05. The minimum absolute atomic E-state index is 0. The van der Waals surface area contributed by atoms with Gasteiger partial charge in [0.2, 0.25) is 6.42 Å². The molecule has 0 saturated heterocycles. The van der Waals surface area contributed by atoms with Crippen molar-refractivity contribution in [3.8, 4) is 0 Å². The molecule has 0 heterocycles. The van der Waals surface area contributed by atoms with Crippen molar-refractivity contribution in [1.82, 2.24) is 0 Å². The molecule has 0 unspecified atom stereocenters. The predicted molar refractivity (Wildman–Crippen MR) is 39.7 cm³/mol. The lowest BCUT2D eigenvalue weighted by atomic mass is 10.2. The highest BCUT2D eigenvalue weighted by Crippen LogP contribution is 2.15. The fraction of sp³-hybridized carbons (Fsp3) is 1.00. The van der Waals surface area contributed by atoms with Crippen LogP contribution in [0.15, 0.2) is 0 Å². The third-order valence-electron chi connectivity index (χ3n) is 1.39. The van der Waals surface area contributed by atoms with Gasteiger partial charge in [-0.3, -0.25) is 30.3 Å². The SMILES string of the molecule is O.[Cl-].[NH3+]CCC([N+](=O)[O-])([N+](=O)[O-])[N+](=O)[O-]. The first-order valence-electron chi connectivity index (χ1n) is 3.12. The Balaban J connectivity index is -0.000000720. The van der Waals surface area contributed by atoms with Gasteiger partial charge in [-0.15, -0.1) is 0 Å². The fourth-order valence-electron chi connectivity index (χ4n) is 0.711. The molecule has 0 aromatic rings. The highest BCUT2D eigenvalue weighted by atomic mass is 35.5. The Kier molecular flexibility index (Phi) is 8.64. The molecule has 0 rings (SSSR count). The Morgan fingerprint density at radius 1 is 1.00 bits per heavy atom. The zero-order valence-corrected chi connectivity index (χ0v) is 8.05. The summed E-state index contributed by atoms with van der Waals surface area (Å²) < 4.78 is 0. The molecule has 90 valence electrons. The minimum Gasteiger partial charge on any atom is -1.00 e. The zero-order chi connectivity index (χ0) is 10.6. The van der Waals surface area contributed by atoms with Crippen molar-refractivity contribution < 1.29 is 38.4 Å². The van der Waals surface area contributed by atoms with Crippen molar-refractivity contribution in [3.63, 3.8) is 0 Å². The molecule has 15 heavy (non-hydrogen) atoms. The number of halogens is 1. The Labute approximate surface area is 88.4 Å². The van der Waals surface area contributed by atoms with Crippen LogP contribution in [-0.2, 0) is 0 Å². The van der Waals surface area contributed by atoms with Gasteiger partial charge in [-0.05, 0) is 0 Å². The van der Waals surface area contributed by atoms with Gasteiger partial charge in [-0.1, -0.05) is 0 Å². The van der Waals surface area contributed by atoms with Gasteiger partial charge in [0.1, 0.15) is 0 Å². The van der Waals surface area contributed by atoms with Crippen LogP contribution in [-0.4, -0.2) is 32.6 Å². The van der Waals surface area contributed by atoms with Crippen LogP contribution in [0.4, 0.5) is 0 Å². The third kappa shape index (κ3) is 3.23. The van der Waals surface area contributed by atoms with Crippen molar-refractivity contribution in [2.24, 2.45) is 0 Å². The molecule has 11 nitrogen and oxygen atoms in total. The number of rotatable bonds is 5. The molecule has 0 aromatic carbocycles. The topological polar surface area (TPSA) is 189 Å². The monoisotopic (exact) mass is 248 g/mol. The second-order valence-corrected chi connectivity index (χ2v) is 2.15. The molecule has 0 aromatic heterocycles. The molecule has 0 radical (unpaired) electrons. The van der Waals surface area contributed by atoms with Crippen molar-refractivity contribution in [2.45, 2.75) is 12.2 Å². The van der Waals surface area contributed by atoms with Crippen LogP contribution in [0.2, 0.25) is 0 Å². The van der Waals surface area contributed by atoms with Crippen molar-refractivity contribution in [1.29, 1.82) is 0 Å². The van der Waals surface area contributed by atoms with Crippen LogP contribution < -0.4 is 18.1 Å². The van der Waals surface area contributed by atoms with Crippen LogP contribution in [0.5, 0.6) is 0 Å². The van der Waals surface area contributed by atoms with E-state index in [4.69, 9.17) is 0 Å². The van der Waals surface area contributed by atoms with Crippen LogP contribution >= 0.6 is 0 Å². The average molecular weight is 249 g/mol. The highest BCUT2D eigenvalue weighted by Gasteiger charge is 2.70. The molecule has 0 amide bonds. The van der Waals surface area contributed by atoms with Gasteiger partial charge < -0.3 is 23.6 Å². The number of quaternary nitrogens is 1. The van der Waals surface area contributed by atoms with E-state index >= 15 is 0 Å². The highest BCUT2D eigenvalue weighted by molar-refractivity contribution is 4.51. The maximum absolute atomic E-state index is 10.2. The molecule has 0 saturated carbocycles. The molecule has 0 aliphatic heterocycles. The van der Waals surface area contributed by atoms with Crippen LogP contribution in [0.25, 0.3) is 0 Å². The molecular weight excluding hydrogens is 240 g/mol. The summed E-state index contributed by atoms with van der Waals surface area (Å²) in [5, 5.41) is 30.6. The van der Waals surface area contributed by atoms with E-state index in [0.29, 0.717) is 0 Å². The van der Waals surface area contributed by atoms with Crippen molar-refractivity contribution in [2.75, 3.05) is 6.54 Å². The normalized spacial score (nSPS) is 9.40. The summed E-state index contributed by atoms with van der Waals surface area (Å²) in [5.74, 6) is -3.35. The molecule has 0 aliphatic rings.